The molecule has 6 N–H and O–H groups in total. The molecule has 0 spiro atoms. The van der Waals surface area contributed by atoms with E-state index in [1.807, 2.05) is 0 Å². The number of phenols is 2. The Hall–Kier alpha value is -1.54. The molecule has 1 unspecified atom stereocenters. The van der Waals surface area contributed by atoms with Crippen LogP contribution in [0.2, 0.25) is 0 Å². The molecule has 0 aliphatic heterocycles. The second kappa shape index (κ2) is 6.76. The summed E-state index contributed by atoms with van der Waals surface area (Å²) in [6.07, 6.45) is 0. The summed E-state index contributed by atoms with van der Waals surface area (Å²) in [6, 6.07) is 9.54. The highest BCUT2D eigenvalue weighted by Gasteiger charge is 2.39. The molecule has 0 fully saturated rings. The second-order valence-corrected chi connectivity index (χ2v) is 8.85. The Balaban J connectivity index is 2.52. The van der Waals surface area contributed by atoms with Gasteiger partial charge < -0.3 is 30.2 Å². The van der Waals surface area contributed by atoms with Crippen LogP contribution in [0.15, 0.2) is 47.4 Å². The average Bonchev–Trinajstić information content (AvgIpc) is 2.45. The highest BCUT2D eigenvalue weighted by molar-refractivity contribution is 8.54. The molecule has 0 aliphatic rings. The molecule has 0 heterocycles. The largest absolute Gasteiger partial charge is 0.508 e. The van der Waals surface area contributed by atoms with Crippen LogP contribution in [0.4, 0.5) is 0 Å². The van der Waals surface area contributed by atoms with E-state index in [1.165, 1.54) is 49.4 Å². The van der Waals surface area contributed by atoms with E-state index in [2.05, 4.69) is 0 Å². The average molecular weight is 372 g/mol. The second-order valence-electron chi connectivity index (χ2n) is 5.27. The highest BCUT2D eigenvalue weighted by Crippen LogP contribution is 2.57. The third-order valence-corrected chi connectivity index (χ3v) is 5.66. The van der Waals surface area contributed by atoms with Crippen LogP contribution >= 0.6 is 18.2 Å². The lowest BCUT2D eigenvalue weighted by molar-refractivity contribution is -0.187. The van der Waals surface area contributed by atoms with E-state index >= 15 is 0 Å². The van der Waals surface area contributed by atoms with Gasteiger partial charge in [-0.05, 0) is 41.2 Å². The fourth-order valence-corrected chi connectivity index (χ4v) is 4.27. The molecular formula is C15H17O7PS. The molecule has 0 amide bonds. The first kappa shape index (κ1) is 18.8. The van der Waals surface area contributed by atoms with Crippen molar-refractivity contribution in [1.29, 1.82) is 0 Å². The van der Waals surface area contributed by atoms with Crippen LogP contribution in [0.5, 0.6) is 11.5 Å². The van der Waals surface area contributed by atoms with Gasteiger partial charge in [0.15, 0.2) is 0 Å². The summed E-state index contributed by atoms with van der Waals surface area (Å²) in [5.74, 6) is -4.04. The molecule has 130 valence electrons. The molecule has 0 aromatic heterocycles. The van der Waals surface area contributed by atoms with Crippen molar-refractivity contribution in [1.82, 2.24) is 0 Å². The van der Waals surface area contributed by atoms with Crippen molar-refractivity contribution in [2.45, 2.75) is 23.5 Å². The van der Waals surface area contributed by atoms with Gasteiger partial charge in [-0.25, -0.2) is 4.57 Å². The third kappa shape index (κ3) is 4.10. The summed E-state index contributed by atoms with van der Waals surface area (Å²) in [5, 5.41) is 40.6. The van der Waals surface area contributed by atoms with Crippen LogP contribution in [0, 0.1) is 0 Å². The number of hydrogen-bond acceptors (Lipinski definition) is 6. The van der Waals surface area contributed by atoms with E-state index in [9.17, 15) is 25.0 Å². The Morgan fingerprint density at radius 3 is 2.17 bits per heavy atom. The monoisotopic (exact) mass is 372 g/mol. The van der Waals surface area contributed by atoms with E-state index in [0.29, 0.717) is 5.56 Å². The fraction of sp³-hybridized carbons (Fsp3) is 0.200. The summed E-state index contributed by atoms with van der Waals surface area (Å²) < 4.78 is 11.3. The molecule has 0 aliphatic carbocycles. The van der Waals surface area contributed by atoms with Gasteiger partial charge in [0.25, 0.3) is 0 Å². The van der Waals surface area contributed by atoms with Gasteiger partial charge >= 0.3 is 6.80 Å². The van der Waals surface area contributed by atoms with Crippen LogP contribution < -0.4 is 0 Å². The molecular weight excluding hydrogens is 355 g/mol. The van der Waals surface area contributed by atoms with Gasteiger partial charge in [-0.15, -0.1) is 0 Å². The molecule has 2 rings (SSSR count). The van der Waals surface area contributed by atoms with Crippen molar-refractivity contribution in [3.8, 4) is 11.5 Å². The molecule has 1 atom stereocenters. The first-order valence-electron chi connectivity index (χ1n) is 6.83. The van der Waals surface area contributed by atoms with Crippen molar-refractivity contribution >= 4 is 18.2 Å². The minimum absolute atomic E-state index is 0.00716. The zero-order valence-electron chi connectivity index (χ0n) is 12.6. The normalized spacial score (nSPS) is 13.7. The van der Waals surface area contributed by atoms with E-state index in [0.717, 1.165) is 0 Å². The van der Waals surface area contributed by atoms with E-state index in [4.69, 9.17) is 9.79 Å². The first-order chi connectivity index (χ1) is 11.0. The van der Waals surface area contributed by atoms with Crippen LogP contribution in [0.25, 0.3) is 0 Å². The van der Waals surface area contributed by atoms with Gasteiger partial charge in [0, 0.05) is 10.8 Å². The number of hydrogen-bond donors (Lipinski definition) is 6. The Kier molecular flexibility index (Phi) is 5.29. The van der Waals surface area contributed by atoms with Crippen molar-refractivity contribution in [2.75, 3.05) is 0 Å². The van der Waals surface area contributed by atoms with Gasteiger partial charge in [0.05, 0.1) is 5.56 Å². The standard InChI is InChI=1S/C15H17O7PS/c1-9(10-5-7-11(16)8-6-10)15(18,19)14-12(17)3-2-4-13(14)24-23(20,21)22/h2-9,16-19H,1H3,(H2,20,21,22). The van der Waals surface area contributed by atoms with Crippen molar-refractivity contribution in [2.24, 2.45) is 0 Å². The molecule has 9 heteroatoms. The van der Waals surface area contributed by atoms with Crippen LogP contribution in [0.1, 0.15) is 24.0 Å². The van der Waals surface area contributed by atoms with Gasteiger partial charge in [0.1, 0.15) is 11.5 Å². The molecule has 2 aromatic rings. The Labute approximate surface area is 142 Å². The summed E-state index contributed by atoms with van der Waals surface area (Å²) in [7, 11) is 0. The number of aliphatic hydroxyl groups is 2. The Morgan fingerprint density at radius 1 is 1.04 bits per heavy atom. The SMILES string of the molecule is CC(c1ccc(O)cc1)C(O)(O)c1c(O)cccc1SP(=O)(O)O. The van der Waals surface area contributed by atoms with Crippen molar-refractivity contribution < 1.29 is 34.8 Å². The highest BCUT2D eigenvalue weighted by atomic mass is 32.7. The maximum atomic E-state index is 11.3. The van der Waals surface area contributed by atoms with E-state index in [-0.39, 0.29) is 27.6 Å². The smallest absolute Gasteiger partial charge is 0.388 e. The van der Waals surface area contributed by atoms with E-state index in [1.54, 1.807) is 0 Å². The molecule has 24 heavy (non-hydrogen) atoms. The minimum atomic E-state index is -4.56. The predicted molar refractivity (Wildman–Crippen MR) is 88.6 cm³/mol. The lowest BCUT2D eigenvalue weighted by Gasteiger charge is -2.31. The van der Waals surface area contributed by atoms with Crippen LogP contribution in [-0.4, -0.2) is 30.2 Å². The summed E-state index contributed by atoms with van der Waals surface area (Å²) >= 11 is 0.130. The van der Waals surface area contributed by atoms with Crippen molar-refractivity contribution in [3.05, 3.63) is 53.6 Å². The lowest BCUT2D eigenvalue weighted by Crippen LogP contribution is -2.32. The number of benzene rings is 2. The summed E-state index contributed by atoms with van der Waals surface area (Å²) in [4.78, 5) is 18.1. The summed E-state index contributed by atoms with van der Waals surface area (Å²) in [5.41, 5.74) is 0.0621. The maximum Gasteiger partial charge on any atom is 0.388 e. The summed E-state index contributed by atoms with van der Waals surface area (Å²) in [6.45, 7) is -3.09. The van der Waals surface area contributed by atoms with E-state index < -0.39 is 24.3 Å². The van der Waals surface area contributed by atoms with Gasteiger partial charge in [-0.1, -0.05) is 25.1 Å². The number of phenolic OH excluding ortho intramolecular Hbond substituents is 2. The topological polar surface area (TPSA) is 138 Å². The Bertz CT molecular complexity index is 770. The fourth-order valence-electron chi connectivity index (χ4n) is 2.31. The van der Waals surface area contributed by atoms with Crippen LogP contribution in [-0.2, 0) is 10.4 Å². The molecule has 0 radical (unpaired) electrons. The molecule has 2 aromatic carbocycles. The molecule has 0 bridgehead atoms. The third-order valence-electron chi connectivity index (χ3n) is 3.59. The Morgan fingerprint density at radius 2 is 1.62 bits per heavy atom. The predicted octanol–water partition coefficient (Wildman–Crippen LogP) is 2.22. The van der Waals surface area contributed by atoms with Crippen LogP contribution in [0.3, 0.4) is 0 Å². The first-order valence-corrected chi connectivity index (χ1v) is 9.87. The maximum absolute atomic E-state index is 11.3. The minimum Gasteiger partial charge on any atom is -0.508 e. The van der Waals surface area contributed by atoms with Crippen molar-refractivity contribution in [3.63, 3.8) is 0 Å². The zero-order valence-corrected chi connectivity index (χ0v) is 14.3. The number of aromatic hydroxyl groups is 2. The van der Waals surface area contributed by atoms with Gasteiger partial charge in [-0.2, -0.15) is 0 Å². The molecule has 0 saturated heterocycles. The zero-order chi connectivity index (χ0) is 18.1. The molecule has 0 saturated carbocycles. The lowest BCUT2D eigenvalue weighted by atomic mass is 9.87. The quantitative estimate of drug-likeness (QED) is 0.347. The van der Waals surface area contributed by atoms with Gasteiger partial charge in [0.2, 0.25) is 5.79 Å². The van der Waals surface area contributed by atoms with Gasteiger partial charge in [-0.3, -0.25) is 0 Å². The number of rotatable bonds is 5. The molecule has 7 nitrogen and oxygen atoms in total.